The van der Waals surface area contributed by atoms with Gasteiger partial charge in [-0.2, -0.15) is 0 Å². The molecule has 3 atom stereocenters. The van der Waals surface area contributed by atoms with Crippen LogP contribution in [0.25, 0.3) is 0 Å². The van der Waals surface area contributed by atoms with Gasteiger partial charge < -0.3 is 10.1 Å². The highest BCUT2D eigenvalue weighted by Gasteiger charge is 2.32. The van der Waals surface area contributed by atoms with E-state index in [-0.39, 0.29) is 18.1 Å². The maximum absolute atomic E-state index is 12.5. The lowest BCUT2D eigenvalue weighted by atomic mass is 9.91. The number of likely N-dealkylation sites (tertiary alicyclic amines) is 1. The smallest absolute Gasteiger partial charge is 0.249 e. The summed E-state index contributed by atoms with van der Waals surface area (Å²) in [6.07, 6.45) is 4.60. The molecular weight excluding hydrogens is 348 g/mol. The fraction of sp³-hybridized carbons (Fsp3) is 0.458. The summed E-state index contributed by atoms with van der Waals surface area (Å²) < 4.78 is 5.55. The van der Waals surface area contributed by atoms with E-state index in [0.29, 0.717) is 12.6 Å². The first-order valence-electron chi connectivity index (χ1n) is 10.5. The molecule has 2 aliphatic rings. The van der Waals surface area contributed by atoms with Gasteiger partial charge in [0.2, 0.25) is 5.91 Å². The van der Waals surface area contributed by atoms with Crippen LogP contribution >= 0.6 is 0 Å². The molecule has 0 aromatic heterocycles. The minimum absolute atomic E-state index is 0.0760. The summed E-state index contributed by atoms with van der Waals surface area (Å²) in [6.45, 7) is 2.75. The second kappa shape index (κ2) is 9.35. The van der Waals surface area contributed by atoms with Gasteiger partial charge in [-0.05, 0) is 43.2 Å². The molecule has 2 aliphatic heterocycles. The number of benzene rings is 2. The highest BCUT2D eigenvalue weighted by Crippen LogP contribution is 2.31. The molecule has 0 spiro atoms. The van der Waals surface area contributed by atoms with E-state index >= 15 is 0 Å². The van der Waals surface area contributed by atoms with Gasteiger partial charge in [-0.25, -0.2) is 0 Å². The molecule has 4 nitrogen and oxygen atoms in total. The maximum atomic E-state index is 12.5. The molecule has 1 N–H and O–H groups in total. The molecule has 2 aromatic carbocycles. The summed E-state index contributed by atoms with van der Waals surface area (Å²) >= 11 is 0. The van der Waals surface area contributed by atoms with E-state index in [1.807, 2.05) is 0 Å². The fourth-order valence-corrected chi connectivity index (χ4v) is 4.43. The van der Waals surface area contributed by atoms with Crippen LogP contribution in [0.3, 0.4) is 0 Å². The Morgan fingerprint density at radius 2 is 1.79 bits per heavy atom. The quantitative estimate of drug-likeness (QED) is 0.833. The second-order valence-corrected chi connectivity index (χ2v) is 7.93. The van der Waals surface area contributed by atoms with Crippen molar-refractivity contribution in [3.8, 4) is 0 Å². The van der Waals surface area contributed by atoms with Crippen LogP contribution in [0, 0.1) is 0 Å². The van der Waals surface area contributed by atoms with Gasteiger partial charge in [0, 0.05) is 31.8 Å². The molecule has 0 aliphatic carbocycles. The average molecular weight is 379 g/mol. The van der Waals surface area contributed by atoms with Crippen molar-refractivity contribution in [3.63, 3.8) is 0 Å². The van der Waals surface area contributed by atoms with Crippen LogP contribution in [0.4, 0.5) is 0 Å². The first kappa shape index (κ1) is 19.2. The number of carbonyl (C=O) groups excluding carboxylic acids is 1. The number of nitrogens with zero attached hydrogens (tertiary/aromatic N) is 1. The Labute approximate surface area is 167 Å². The van der Waals surface area contributed by atoms with Crippen molar-refractivity contribution in [2.75, 3.05) is 19.7 Å². The monoisotopic (exact) mass is 378 g/mol. The summed E-state index contributed by atoms with van der Waals surface area (Å²) in [5, 5.41) is 3.26. The molecule has 2 saturated heterocycles. The Balaban J connectivity index is 1.41. The third-order valence-corrected chi connectivity index (χ3v) is 6.00. The normalized spacial score (nSPS) is 25.5. The van der Waals surface area contributed by atoms with Crippen LogP contribution in [0.2, 0.25) is 0 Å². The zero-order valence-corrected chi connectivity index (χ0v) is 16.4. The SMILES string of the molecule is O=C(NC1CCN(CCc2ccccc2)C(c2ccccc2)C1)C1CCCO1. The van der Waals surface area contributed by atoms with Crippen molar-refractivity contribution in [2.24, 2.45) is 0 Å². The van der Waals surface area contributed by atoms with Crippen LogP contribution in [-0.2, 0) is 16.0 Å². The first-order valence-corrected chi connectivity index (χ1v) is 10.5. The highest BCUT2D eigenvalue weighted by molar-refractivity contribution is 5.81. The molecule has 3 unspecified atom stereocenters. The highest BCUT2D eigenvalue weighted by atomic mass is 16.5. The molecule has 1 amide bonds. The topological polar surface area (TPSA) is 41.6 Å². The van der Waals surface area contributed by atoms with E-state index < -0.39 is 0 Å². The summed E-state index contributed by atoms with van der Waals surface area (Å²) in [6, 6.07) is 22.0. The van der Waals surface area contributed by atoms with Gasteiger partial charge in [0.15, 0.2) is 0 Å². The lowest BCUT2D eigenvalue weighted by Gasteiger charge is -2.40. The number of hydrogen-bond donors (Lipinski definition) is 1. The van der Waals surface area contributed by atoms with Gasteiger partial charge in [-0.1, -0.05) is 60.7 Å². The van der Waals surface area contributed by atoms with Crippen LogP contribution in [0.5, 0.6) is 0 Å². The second-order valence-electron chi connectivity index (χ2n) is 7.93. The fourth-order valence-electron chi connectivity index (χ4n) is 4.43. The minimum atomic E-state index is -0.244. The Hall–Kier alpha value is -2.17. The van der Waals surface area contributed by atoms with Crippen LogP contribution in [0.15, 0.2) is 60.7 Å². The van der Waals surface area contributed by atoms with Gasteiger partial charge >= 0.3 is 0 Å². The lowest BCUT2D eigenvalue weighted by molar-refractivity contribution is -0.131. The Morgan fingerprint density at radius 1 is 1.04 bits per heavy atom. The zero-order valence-electron chi connectivity index (χ0n) is 16.4. The van der Waals surface area contributed by atoms with Crippen LogP contribution in [-0.4, -0.2) is 42.6 Å². The van der Waals surface area contributed by atoms with Gasteiger partial charge in [0.25, 0.3) is 0 Å². The Kier molecular flexibility index (Phi) is 6.40. The molecule has 2 aromatic rings. The molecule has 4 heteroatoms. The molecule has 148 valence electrons. The van der Waals surface area contributed by atoms with Gasteiger partial charge in [-0.3, -0.25) is 9.69 Å². The van der Waals surface area contributed by atoms with Crippen molar-refractivity contribution >= 4 is 5.91 Å². The number of piperidine rings is 1. The first-order chi connectivity index (χ1) is 13.8. The summed E-state index contributed by atoms with van der Waals surface area (Å²) in [7, 11) is 0. The third kappa shape index (κ3) is 4.81. The number of hydrogen-bond acceptors (Lipinski definition) is 3. The van der Waals surface area contributed by atoms with E-state index in [4.69, 9.17) is 4.74 Å². The van der Waals surface area contributed by atoms with Gasteiger partial charge in [0.05, 0.1) is 0 Å². The number of amides is 1. The molecule has 0 saturated carbocycles. The zero-order chi connectivity index (χ0) is 19.2. The van der Waals surface area contributed by atoms with E-state index in [0.717, 1.165) is 45.2 Å². The largest absolute Gasteiger partial charge is 0.368 e. The van der Waals surface area contributed by atoms with Crippen molar-refractivity contribution in [3.05, 3.63) is 71.8 Å². The van der Waals surface area contributed by atoms with E-state index in [9.17, 15) is 4.79 Å². The molecule has 0 radical (unpaired) electrons. The maximum Gasteiger partial charge on any atom is 0.249 e. The third-order valence-electron chi connectivity index (χ3n) is 6.00. The van der Waals surface area contributed by atoms with Crippen molar-refractivity contribution in [1.82, 2.24) is 10.2 Å². The number of ether oxygens (including phenoxy) is 1. The van der Waals surface area contributed by atoms with Crippen LogP contribution < -0.4 is 5.32 Å². The van der Waals surface area contributed by atoms with E-state index in [2.05, 4.69) is 70.9 Å². The predicted molar refractivity (Wildman–Crippen MR) is 111 cm³/mol. The number of rotatable bonds is 6. The van der Waals surface area contributed by atoms with Crippen LogP contribution in [0.1, 0.15) is 42.9 Å². The van der Waals surface area contributed by atoms with E-state index in [1.54, 1.807) is 0 Å². The number of nitrogens with one attached hydrogen (secondary N) is 1. The summed E-state index contributed by atoms with van der Waals surface area (Å²) in [4.78, 5) is 15.1. The Bertz CT molecular complexity index is 744. The van der Waals surface area contributed by atoms with E-state index in [1.165, 1.54) is 11.1 Å². The van der Waals surface area contributed by atoms with Gasteiger partial charge in [0.1, 0.15) is 6.10 Å². The summed E-state index contributed by atoms with van der Waals surface area (Å²) in [5.74, 6) is 0.0760. The average Bonchev–Trinajstić information content (AvgIpc) is 3.29. The predicted octanol–water partition coefficient (Wildman–Crippen LogP) is 3.73. The molecule has 0 bridgehead atoms. The van der Waals surface area contributed by atoms with Crippen molar-refractivity contribution in [2.45, 2.75) is 50.3 Å². The molecule has 4 rings (SSSR count). The van der Waals surface area contributed by atoms with Crippen molar-refractivity contribution in [1.29, 1.82) is 0 Å². The summed E-state index contributed by atoms with van der Waals surface area (Å²) in [5.41, 5.74) is 2.72. The minimum Gasteiger partial charge on any atom is -0.368 e. The Morgan fingerprint density at radius 3 is 2.50 bits per heavy atom. The standard InChI is InChI=1S/C24H30N2O2/c27-24(23-12-7-17-28-23)25-21-14-16-26(15-13-19-8-3-1-4-9-19)22(18-21)20-10-5-2-6-11-20/h1-6,8-11,21-23H,7,12-18H2,(H,25,27). The van der Waals surface area contributed by atoms with Gasteiger partial charge in [-0.15, -0.1) is 0 Å². The molecule has 2 fully saturated rings. The molecular formula is C24H30N2O2. The van der Waals surface area contributed by atoms with Crippen molar-refractivity contribution < 1.29 is 9.53 Å². The number of carbonyl (C=O) groups is 1. The molecule has 28 heavy (non-hydrogen) atoms. The lowest BCUT2D eigenvalue weighted by Crippen LogP contribution is -2.48. The molecule has 2 heterocycles.